The van der Waals surface area contributed by atoms with Crippen molar-refractivity contribution in [3.63, 3.8) is 0 Å². The predicted octanol–water partition coefficient (Wildman–Crippen LogP) is 3.06. The lowest BCUT2D eigenvalue weighted by Crippen LogP contribution is -2.34. The van der Waals surface area contributed by atoms with E-state index in [-0.39, 0.29) is 6.04 Å². The lowest BCUT2D eigenvalue weighted by molar-refractivity contribution is 0.369. The normalized spacial score (nSPS) is 13.8. The van der Waals surface area contributed by atoms with Gasteiger partial charge in [-0.15, -0.1) is 11.3 Å². The molecule has 0 aromatic carbocycles. The van der Waals surface area contributed by atoms with E-state index in [9.17, 15) is 8.42 Å². The van der Waals surface area contributed by atoms with Crippen LogP contribution in [0.3, 0.4) is 0 Å². The lowest BCUT2D eigenvalue weighted by Gasteiger charge is -2.23. The third-order valence-electron chi connectivity index (χ3n) is 3.32. The summed E-state index contributed by atoms with van der Waals surface area (Å²) in [4.78, 5) is 1.06. The van der Waals surface area contributed by atoms with Gasteiger partial charge in [0.1, 0.15) is 4.21 Å². The van der Waals surface area contributed by atoms with Crippen LogP contribution in [0.2, 0.25) is 0 Å². The zero-order chi connectivity index (χ0) is 15.2. The highest BCUT2D eigenvalue weighted by Gasteiger charge is 2.26. The SMILES string of the molecule is CCCNCc1ccc(S(=O)(=O)N(C)C(C)CCC)s1. The molecule has 1 aromatic rings. The van der Waals surface area contributed by atoms with Crippen LogP contribution in [0.1, 0.15) is 44.9 Å². The molecule has 0 saturated carbocycles. The Morgan fingerprint density at radius 3 is 2.60 bits per heavy atom. The second-order valence-electron chi connectivity index (χ2n) is 5.06. The Bertz CT molecular complexity index is 497. The summed E-state index contributed by atoms with van der Waals surface area (Å²) in [5.41, 5.74) is 0. The minimum atomic E-state index is -3.35. The maximum absolute atomic E-state index is 12.5. The molecule has 1 atom stereocenters. The zero-order valence-corrected chi connectivity index (χ0v) is 14.5. The molecule has 116 valence electrons. The highest BCUT2D eigenvalue weighted by molar-refractivity contribution is 7.91. The maximum atomic E-state index is 12.5. The van der Waals surface area contributed by atoms with Crippen LogP contribution >= 0.6 is 11.3 Å². The molecule has 20 heavy (non-hydrogen) atoms. The van der Waals surface area contributed by atoms with Gasteiger partial charge in [0.15, 0.2) is 0 Å². The number of thiophene rings is 1. The molecular formula is C14H26N2O2S2. The van der Waals surface area contributed by atoms with E-state index in [1.54, 1.807) is 13.1 Å². The Morgan fingerprint density at radius 1 is 1.30 bits per heavy atom. The highest BCUT2D eigenvalue weighted by Crippen LogP contribution is 2.26. The third kappa shape index (κ3) is 4.55. The first-order chi connectivity index (χ1) is 9.43. The van der Waals surface area contributed by atoms with Crippen molar-refractivity contribution in [1.82, 2.24) is 9.62 Å². The smallest absolute Gasteiger partial charge is 0.252 e. The Balaban J connectivity index is 2.77. The van der Waals surface area contributed by atoms with Crippen molar-refractivity contribution >= 4 is 21.4 Å². The predicted molar refractivity (Wildman–Crippen MR) is 85.6 cm³/mol. The van der Waals surface area contributed by atoms with Gasteiger partial charge in [0.05, 0.1) is 0 Å². The summed E-state index contributed by atoms with van der Waals surface area (Å²) >= 11 is 1.36. The average Bonchev–Trinajstić information content (AvgIpc) is 2.88. The van der Waals surface area contributed by atoms with Gasteiger partial charge in [-0.3, -0.25) is 0 Å². The second-order valence-corrected chi connectivity index (χ2v) is 8.45. The van der Waals surface area contributed by atoms with E-state index < -0.39 is 10.0 Å². The van der Waals surface area contributed by atoms with Crippen LogP contribution in [0.15, 0.2) is 16.3 Å². The van der Waals surface area contributed by atoms with Gasteiger partial charge in [0.2, 0.25) is 0 Å². The summed E-state index contributed by atoms with van der Waals surface area (Å²) < 4.78 is 26.9. The van der Waals surface area contributed by atoms with Gasteiger partial charge in [-0.25, -0.2) is 8.42 Å². The van der Waals surface area contributed by atoms with Crippen LogP contribution < -0.4 is 5.32 Å². The van der Waals surface area contributed by atoms with Crippen molar-refractivity contribution in [3.05, 3.63) is 17.0 Å². The maximum Gasteiger partial charge on any atom is 0.252 e. The molecule has 0 aliphatic carbocycles. The Morgan fingerprint density at radius 2 is 2.00 bits per heavy atom. The van der Waals surface area contributed by atoms with Crippen LogP contribution in [0.5, 0.6) is 0 Å². The van der Waals surface area contributed by atoms with E-state index in [1.807, 2.05) is 13.0 Å². The minimum Gasteiger partial charge on any atom is -0.312 e. The quantitative estimate of drug-likeness (QED) is 0.712. The van der Waals surface area contributed by atoms with Gasteiger partial charge in [0.25, 0.3) is 10.0 Å². The van der Waals surface area contributed by atoms with Crippen LogP contribution in [0.25, 0.3) is 0 Å². The van der Waals surface area contributed by atoms with Gasteiger partial charge < -0.3 is 5.32 Å². The Labute approximate surface area is 127 Å². The third-order valence-corrected chi connectivity index (χ3v) is 6.85. The summed E-state index contributed by atoms with van der Waals surface area (Å²) in [5.74, 6) is 0. The number of hydrogen-bond donors (Lipinski definition) is 1. The standard InChI is InChI=1S/C14H26N2O2S2/c1-5-7-12(3)16(4)20(17,18)14-9-8-13(19-14)11-15-10-6-2/h8-9,12,15H,5-7,10-11H2,1-4H3. The van der Waals surface area contributed by atoms with E-state index in [2.05, 4.69) is 19.2 Å². The van der Waals surface area contributed by atoms with Crippen molar-refractivity contribution in [2.75, 3.05) is 13.6 Å². The molecule has 6 heteroatoms. The summed E-state index contributed by atoms with van der Waals surface area (Å²) in [7, 11) is -1.68. The molecule has 4 nitrogen and oxygen atoms in total. The Kier molecular flexibility index (Phi) is 7.15. The molecule has 1 unspecified atom stereocenters. The van der Waals surface area contributed by atoms with Crippen LogP contribution in [-0.2, 0) is 16.6 Å². The van der Waals surface area contributed by atoms with Gasteiger partial charge in [-0.05, 0) is 38.4 Å². The molecule has 0 aliphatic rings. The van der Waals surface area contributed by atoms with E-state index in [0.717, 1.165) is 37.2 Å². The molecule has 0 amide bonds. The van der Waals surface area contributed by atoms with E-state index in [1.165, 1.54) is 15.6 Å². The van der Waals surface area contributed by atoms with Gasteiger partial charge >= 0.3 is 0 Å². The van der Waals surface area contributed by atoms with Gasteiger partial charge in [-0.2, -0.15) is 4.31 Å². The van der Waals surface area contributed by atoms with E-state index >= 15 is 0 Å². The fourth-order valence-corrected chi connectivity index (χ4v) is 4.86. The van der Waals surface area contributed by atoms with Gasteiger partial charge in [-0.1, -0.05) is 20.3 Å². The number of nitrogens with zero attached hydrogens (tertiary/aromatic N) is 1. The summed E-state index contributed by atoms with van der Waals surface area (Å²) in [5, 5.41) is 3.29. The van der Waals surface area contributed by atoms with Crippen LogP contribution in [0, 0.1) is 0 Å². The zero-order valence-electron chi connectivity index (χ0n) is 12.8. The molecule has 1 N–H and O–H groups in total. The van der Waals surface area contributed by atoms with Crippen molar-refractivity contribution in [2.24, 2.45) is 0 Å². The number of hydrogen-bond acceptors (Lipinski definition) is 4. The van der Waals surface area contributed by atoms with Crippen molar-refractivity contribution < 1.29 is 8.42 Å². The van der Waals surface area contributed by atoms with Gasteiger partial charge in [0, 0.05) is 24.5 Å². The largest absolute Gasteiger partial charge is 0.312 e. The number of rotatable bonds is 9. The molecule has 0 bridgehead atoms. The molecule has 0 spiro atoms. The van der Waals surface area contributed by atoms with Crippen LogP contribution in [-0.4, -0.2) is 32.4 Å². The molecule has 0 saturated heterocycles. The summed E-state index contributed by atoms with van der Waals surface area (Å²) in [6.45, 7) is 7.83. The molecule has 1 rings (SSSR count). The fourth-order valence-electron chi connectivity index (χ4n) is 1.96. The summed E-state index contributed by atoms with van der Waals surface area (Å²) in [6, 6.07) is 3.66. The van der Waals surface area contributed by atoms with Crippen LogP contribution in [0.4, 0.5) is 0 Å². The molecule has 0 aliphatic heterocycles. The topological polar surface area (TPSA) is 49.4 Å². The molecule has 0 fully saturated rings. The molecule has 1 heterocycles. The fraction of sp³-hybridized carbons (Fsp3) is 0.714. The monoisotopic (exact) mass is 318 g/mol. The number of nitrogens with one attached hydrogen (secondary N) is 1. The second kappa shape index (κ2) is 8.12. The van der Waals surface area contributed by atoms with E-state index in [0.29, 0.717) is 4.21 Å². The molecule has 1 aromatic heterocycles. The van der Waals surface area contributed by atoms with E-state index in [4.69, 9.17) is 0 Å². The lowest BCUT2D eigenvalue weighted by atomic mass is 10.2. The average molecular weight is 319 g/mol. The first-order valence-corrected chi connectivity index (χ1v) is 9.46. The van der Waals surface area contributed by atoms with Crippen molar-refractivity contribution in [3.8, 4) is 0 Å². The molecule has 0 radical (unpaired) electrons. The minimum absolute atomic E-state index is 0.0359. The first-order valence-electron chi connectivity index (χ1n) is 7.20. The van der Waals surface area contributed by atoms with Crippen molar-refractivity contribution in [2.45, 2.75) is 56.8 Å². The first kappa shape index (κ1) is 17.6. The molecular weight excluding hydrogens is 292 g/mol. The summed E-state index contributed by atoms with van der Waals surface area (Å²) in [6.07, 6.45) is 2.94. The highest BCUT2D eigenvalue weighted by atomic mass is 32.2. The Hall–Kier alpha value is -0.430. The number of sulfonamides is 1. The van der Waals surface area contributed by atoms with Crippen molar-refractivity contribution in [1.29, 1.82) is 0 Å².